The standard InChI is InChI=1S/C16H16FN3O4S/c1-2-24-16(21)12-9-25-15(18-12)14-4-3-7-19(14)13-6-5-10(20(22)23)8-11(13)17/h5-6,8-9,14H,2-4,7H2,1H3. The Morgan fingerprint density at radius 2 is 2.36 bits per heavy atom. The lowest BCUT2D eigenvalue weighted by molar-refractivity contribution is -0.385. The molecule has 25 heavy (non-hydrogen) atoms. The van der Waals surface area contributed by atoms with E-state index < -0.39 is 16.7 Å². The van der Waals surface area contributed by atoms with Gasteiger partial charge in [-0.3, -0.25) is 10.1 Å². The van der Waals surface area contributed by atoms with Gasteiger partial charge in [0.2, 0.25) is 0 Å². The van der Waals surface area contributed by atoms with Gasteiger partial charge < -0.3 is 9.64 Å². The maximum absolute atomic E-state index is 14.3. The Morgan fingerprint density at radius 1 is 1.56 bits per heavy atom. The molecule has 0 bridgehead atoms. The Labute approximate surface area is 147 Å². The number of thiazole rings is 1. The lowest BCUT2D eigenvalue weighted by Crippen LogP contribution is -2.23. The van der Waals surface area contributed by atoms with E-state index in [1.807, 2.05) is 4.90 Å². The number of non-ortho nitro benzene ring substituents is 1. The minimum atomic E-state index is -0.636. The van der Waals surface area contributed by atoms with Gasteiger partial charge in [0, 0.05) is 18.0 Å². The van der Waals surface area contributed by atoms with Crippen LogP contribution in [0.15, 0.2) is 23.6 Å². The Balaban J connectivity index is 1.86. The minimum Gasteiger partial charge on any atom is -0.461 e. The van der Waals surface area contributed by atoms with Crippen LogP contribution < -0.4 is 4.90 Å². The summed E-state index contributed by atoms with van der Waals surface area (Å²) in [6, 6.07) is 3.48. The lowest BCUT2D eigenvalue weighted by Gasteiger charge is -2.25. The summed E-state index contributed by atoms with van der Waals surface area (Å²) < 4.78 is 19.3. The summed E-state index contributed by atoms with van der Waals surface area (Å²) in [6.45, 7) is 2.62. The van der Waals surface area contributed by atoms with Crippen LogP contribution in [-0.4, -0.2) is 29.0 Å². The van der Waals surface area contributed by atoms with Crippen LogP contribution in [0.1, 0.15) is 41.3 Å². The fourth-order valence-corrected chi connectivity index (χ4v) is 3.83. The molecule has 0 aliphatic carbocycles. The van der Waals surface area contributed by atoms with Gasteiger partial charge in [-0.2, -0.15) is 0 Å². The monoisotopic (exact) mass is 365 g/mol. The first-order valence-electron chi connectivity index (χ1n) is 7.84. The highest BCUT2D eigenvalue weighted by molar-refractivity contribution is 7.10. The molecule has 0 amide bonds. The fourth-order valence-electron chi connectivity index (χ4n) is 2.89. The van der Waals surface area contributed by atoms with E-state index in [4.69, 9.17) is 4.74 Å². The lowest BCUT2D eigenvalue weighted by atomic mass is 10.2. The van der Waals surface area contributed by atoms with Crippen LogP contribution in [0.4, 0.5) is 15.8 Å². The highest BCUT2D eigenvalue weighted by atomic mass is 32.1. The van der Waals surface area contributed by atoms with E-state index >= 15 is 0 Å². The van der Waals surface area contributed by atoms with Crippen molar-refractivity contribution in [2.45, 2.75) is 25.8 Å². The van der Waals surface area contributed by atoms with Crippen LogP contribution in [0.25, 0.3) is 0 Å². The summed E-state index contributed by atoms with van der Waals surface area (Å²) in [5.74, 6) is -1.11. The van der Waals surface area contributed by atoms with Gasteiger partial charge in [-0.15, -0.1) is 11.3 Å². The molecule has 3 rings (SSSR count). The summed E-state index contributed by atoms with van der Waals surface area (Å²) in [7, 11) is 0. The Kier molecular flexibility index (Phi) is 4.93. The van der Waals surface area contributed by atoms with Gasteiger partial charge >= 0.3 is 5.97 Å². The van der Waals surface area contributed by atoms with E-state index in [1.165, 1.54) is 23.5 Å². The predicted molar refractivity (Wildman–Crippen MR) is 90.4 cm³/mol. The van der Waals surface area contributed by atoms with Gasteiger partial charge in [0.25, 0.3) is 5.69 Å². The summed E-state index contributed by atoms with van der Waals surface area (Å²) >= 11 is 1.33. The topological polar surface area (TPSA) is 85.6 Å². The molecule has 7 nitrogen and oxygen atoms in total. The van der Waals surface area contributed by atoms with Crippen LogP contribution in [-0.2, 0) is 4.74 Å². The predicted octanol–water partition coefficient (Wildman–Crippen LogP) is 3.71. The first-order valence-corrected chi connectivity index (χ1v) is 8.72. The average molecular weight is 365 g/mol. The van der Waals surface area contributed by atoms with Gasteiger partial charge in [-0.25, -0.2) is 14.2 Å². The molecule has 1 aliphatic rings. The average Bonchev–Trinajstić information content (AvgIpc) is 3.23. The number of aromatic nitrogens is 1. The number of carbonyl (C=O) groups excluding carboxylic acids is 1. The van der Waals surface area contributed by atoms with Crippen molar-refractivity contribution in [2.24, 2.45) is 0 Å². The highest BCUT2D eigenvalue weighted by Crippen LogP contribution is 2.39. The van der Waals surface area contributed by atoms with Crippen LogP contribution >= 0.6 is 11.3 Å². The van der Waals surface area contributed by atoms with Crippen molar-refractivity contribution in [1.29, 1.82) is 0 Å². The molecule has 132 valence electrons. The SMILES string of the molecule is CCOC(=O)c1csc(C2CCCN2c2ccc([N+](=O)[O-])cc2F)n1. The van der Waals surface area contributed by atoms with Crippen molar-refractivity contribution in [3.8, 4) is 0 Å². The number of benzene rings is 1. The smallest absolute Gasteiger partial charge is 0.357 e. The molecule has 0 saturated carbocycles. The zero-order chi connectivity index (χ0) is 18.0. The summed E-state index contributed by atoms with van der Waals surface area (Å²) in [4.78, 5) is 28.1. The van der Waals surface area contributed by atoms with E-state index in [1.54, 1.807) is 12.3 Å². The first kappa shape index (κ1) is 17.3. The maximum Gasteiger partial charge on any atom is 0.357 e. The number of hydrogen-bond donors (Lipinski definition) is 0. The zero-order valence-corrected chi connectivity index (χ0v) is 14.3. The Morgan fingerprint density at radius 3 is 3.04 bits per heavy atom. The number of anilines is 1. The highest BCUT2D eigenvalue weighted by Gasteiger charge is 2.31. The van der Waals surface area contributed by atoms with E-state index in [0.29, 0.717) is 17.2 Å². The van der Waals surface area contributed by atoms with Crippen LogP contribution in [0, 0.1) is 15.9 Å². The second kappa shape index (κ2) is 7.14. The van der Waals surface area contributed by atoms with Crippen molar-refractivity contribution in [3.05, 3.63) is 50.2 Å². The second-order valence-corrected chi connectivity index (χ2v) is 6.43. The Bertz CT molecular complexity index is 810. The molecule has 1 unspecified atom stereocenters. The van der Waals surface area contributed by atoms with Crippen molar-refractivity contribution >= 4 is 28.7 Å². The number of rotatable bonds is 5. The van der Waals surface area contributed by atoms with Gasteiger partial charge in [-0.1, -0.05) is 0 Å². The minimum absolute atomic E-state index is 0.163. The number of halogens is 1. The third kappa shape index (κ3) is 3.46. The van der Waals surface area contributed by atoms with Crippen molar-refractivity contribution < 1.29 is 18.8 Å². The van der Waals surface area contributed by atoms with E-state index in [2.05, 4.69) is 4.98 Å². The molecule has 1 aromatic carbocycles. The van der Waals surface area contributed by atoms with E-state index in [0.717, 1.165) is 18.9 Å². The number of esters is 1. The molecular weight excluding hydrogens is 349 g/mol. The van der Waals surface area contributed by atoms with Crippen LogP contribution in [0.2, 0.25) is 0 Å². The van der Waals surface area contributed by atoms with Crippen molar-refractivity contribution in [2.75, 3.05) is 18.1 Å². The largest absolute Gasteiger partial charge is 0.461 e. The van der Waals surface area contributed by atoms with Gasteiger partial charge in [0.15, 0.2) is 11.5 Å². The molecule has 1 saturated heterocycles. The van der Waals surface area contributed by atoms with Gasteiger partial charge in [-0.05, 0) is 25.8 Å². The van der Waals surface area contributed by atoms with Crippen molar-refractivity contribution in [3.63, 3.8) is 0 Å². The molecule has 1 fully saturated rings. The molecular formula is C16H16FN3O4S. The van der Waals surface area contributed by atoms with E-state index in [-0.39, 0.29) is 24.0 Å². The van der Waals surface area contributed by atoms with Gasteiger partial charge in [0.05, 0.1) is 29.3 Å². The number of carbonyl (C=O) groups is 1. The van der Waals surface area contributed by atoms with Gasteiger partial charge in [0.1, 0.15) is 5.01 Å². The summed E-state index contributed by atoms with van der Waals surface area (Å²) in [6.07, 6.45) is 1.61. The number of nitro groups is 1. The van der Waals surface area contributed by atoms with Crippen molar-refractivity contribution in [1.82, 2.24) is 4.98 Å². The van der Waals surface area contributed by atoms with Crippen LogP contribution in [0.5, 0.6) is 0 Å². The number of nitrogens with zero attached hydrogens (tertiary/aromatic N) is 3. The fraction of sp³-hybridized carbons (Fsp3) is 0.375. The van der Waals surface area contributed by atoms with Crippen LogP contribution in [0.3, 0.4) is 0 Å². The Hall–Kier alpha value is -2.55. The summed E-state index contributed by atoms with van der Waals surface area (Å²) in [5.41, 5.74) is 0.273. The third-order valence-electron chi connectivity index (χ3n) is 4.00. The molecule has 2 heterocycles. The normalized spacial score (nSPS) is 16.9. The molecule has 1 atom stereocenters. The number of ether oxygens (including phenoxy) is 1. The third-order valence-corrected chi connectivity index (χ3v) is 4.94. The molecule has 0 spiro atoms. The molecule has 9 heteroatoms. The molecule has 0 N–H and O–H groups in total. The second-order valence-electron chi connectivity index (χ2n) is 5.54. The quantitative estimate of drug-likeness (QED) is 0.456. The maximum atomic E-state index is 14.3. The molecule has 1 aromatic heterocycles. The van der Waals surface area contributed by atoms with E-state index in [9.17, 15) is 19.3 Å². The zero-order valence-electron chi connectivity index (χ0n) is 13.5. The number of hydrogen-bond acceptors (Lipinski definition) is 7. The summed E-state index contributed by atoms with van der Waals surface area (Å²) in [5, 5.41) is 13.1. The molecule has 1 aliphatic heterocycles. The first-order chi connectivity index (χ1) is 12.0. The molecule has 0 radical (unpaired) electrons. The number of nitro benzene ring substituents is 1. The molecule has 2 aromatic rings.